The zero-order valence-corrected chi connectivity index (χ0v) is 12.4. The fraction of sp³-hybridized carbons (Fsp3) is 0.176. The summed E-state index contributed by atoms with van der Waals surface area (Å²) in [5.74, 6) is 0.575. The van der Waals surface area contributed by atoms with Crippen LogP contribution in [0.1, 0.15) is 18.2 Å². The molecule has 0 spiro atoms. The quantitative estimate of drug-likeness (QED) is 0.698. The van der Waals surface area contributed by atoms with Gasteiger partial charge in [-0.2, -0.15) is 0 Å². The Balaban J connectivity index is 1.91. The molecule has 0 aliphatic carbocycles. The van der Waals surface area contributed by atoms with E-state index in [2.05, 4.69) is 5.32 Å². The van der Waals surface area contributed by atoms with Gasteiger partial charge in [0.1, 0.15) is 17.2 Å². The number of rotatable bonds is 4. The molecule has 21 heavy (non-hydrogen) atoms. The van der Waals surface area contributed by atoms with Crippen LogP contribution in [0.3, 0.4) is 0 Å². The second-order valence-corrected chi connectivity index (χ2v) is 5.27. The molecule has 1 heterocycles. The van der Waals surface area contributed by atoms with Crippen molar-refractivity contribution in [2.75, 3.05) is 5.32 Å². The second-order valence-electron chi connectivity index (χ2n) is 4.83. The highest BCUT2D eigenvalue weighted by molar-refractivity contribution is 6.30. The summed E-state index contributed by atoms with van der Waals surface area (Å²) in [6.45, 7) is 2.56. The van der Waals surface area contributed by atoms with E-state index in [9.17, 15) is 4.39 Å². The first-order chi connectivity index (χ1) is 10.2. The van der Waals surface area contributed by atoms with Gasteiger partial charge in [0.25, 0.3) is 0 Å². The first-order valence-corrected chi connectivity index (χ1v) is 7.25. The lowest BCUT2D eigenvalue weighted by Crippen LogP contribution is -2.02. The Kier molecular flexibility index (Phi) is 3.84. The van der Waals surface area contributed by atoms with E-state index in [0.717, 1.165) is 28.7 Å². The third kappa shape index (κ3) is 2.74. The predicted octanol–water partition coefficient (Wildman–Crippen LogP) is 5.40. The maximum atomic E-state index is 13.8. The third-order valence-corrected chi connectivity index (χ3v) is 3.72. The number of hydrogen-bond donors (Lipinski definition) is 1. The number of para-hydroxylation sites is 1. The summed E-state index contributed by atoms with van der Waals surface area (Å²) < 4.78 is 19.6. The van der Waals surface area contributed by atoms with Crippen molar-refractivity contribution in [3.8, 4) is 0 Å². The average molecular weight is 304 g/mol. The molecule has 0 atom stereocenters. The summed E-state index contributed by atoms with van der Waals surface area (Å²) in [5.41, 5.74) is 2.37. The highest BCUT2D eigenvalue weighted by Crippen LogP contribution is 2.28. The molecule has 0 bridgehead atoms. The molecule has 1 aromatic heterocycles. The van der Waals surface area contributed by atoms with Gasteiger partial charge in [0.15, 0.2) is 0 Å². The van der Waals surface area contributed by atoms with Crippen molar-refractivity contribution in [3.05, 3.63) is 64.6 Å². The SMILES string of the molecule is CCc1oc2ccccc2c1CNc1ccc(Cl)cc1F. The molecule has 0 unspecified atom stereocenters. The molecule has 0 fully saturated rings. The van der Waals surface area contributed by atoms with Gasteiger partial charge in [0, 0.05) is 28.9 Å². The van der Waals surface area contributed by atoms with E-state index in [1.165, 1.54) is 6.07 Å². The summed E-state index contributed by atoms with van der Waals surface area (Å²) in [6.07, 6.45) is 0.800. The summed E-state index contributed by atoms with van der Waals surface area (Å²) in [4.78, 5) is 0. The van der Waals surface area contributed by atoms with Crippen LogP contribution in [0.5, 0.6) is 0 Å². The Morgan fingerprint density at radius 2 is 2.00 bits per heavy atom. The topological polar surface area (TPSA) is 25.2 Å². The van der Waals surface area contributed by atoms with E-state index in [1.807, 2.05) is 31.2 Å². The highest BCUT2D eigenvalue weighted by Gasteiger charge is 2.12. The van der Waals surface area contributed by atoms with E-state index < -0.39 is 0 Å². The summed E-state index contributed by atoms with van der Waals surface area (Å²) in [6, 6.07) is 12.5. The molecular formula is C17H15ClFNO. The van der Waals surface area contributed by atoms with Crippen LogP contribution in [0.4, 0.5) is 10.1 Å². The molecule has 3 aromatic rings. The molecule has 0 amide bonds. The molecule has 2 nitrogen and oxygen atoms in total. The first kappa shape index (κ1) is 14.0. The van der Waals surface area contributed by atoms with Crippen molar-refractivity contribution in [2.24, 2.45) is 0 Å². The zero-order valence-electron chi connectivity index (χ0n) is 11.6. The van der Waals surface area contributed by atoms with Gasteiger partial charge in [0.05, 0.1) is 5.69 Å². The minimum atomic E-state index is -0.353. The number of furan rings is 1. The molecule has 0 aliphatic heterocycles. The highest BCUT2D eigenvalue weighted by atomic mass is 35.5. The Labute approximate surface area is 127 Å². The van der Waals surface area contributed by atoms with Crippen molar-refractivity contribution in [2.45, 2.75) is 19.9 Å². The fourth-order valence-electron chi connectivity index (χ4n) is 2.45. The van der Waals surface area contributed by atoms with Crippen LogP contribution < -0.4 is 5.32 Å². The number of halogens is 2. The summed E-state index contributed by atoms with van der Waals surface area (Å²) in [7, 11) is 0. The Morgan fingerprint density at radius 3 is 2.76 bits per heavy atom. The number of benzene rings is 2. The molecule has 108 valence electrons. The molecule has 1 N–H and O–H groups in total. The van der Waals surface area contributed by atoms with Crippen LogP contribution in [0.25, 0.3) is 11.0 Å². The molecule has 0 saturated carbocycles. The molecular weight excluding hydrogens is 289 g/mol. The van der Waals surface area contributed by atoms with Gasteiger partial charge < -0.3 is 9.73 Å². The maximum absolute atomic E-state index is 13.8. The van der Waals surface area contributed by atoms with Crippen LogP contribution in [0.15, 0.2) is 46.9 Å². The van der Waals surface area contributed by atoms with Gasteiger partial charge in [0.2, 0.25) is 0 Å². The number of hydrogen-bond acceptors (Lipinski definition) is 2. The van der Waals surface area contributed by atoms with Crippen molar-refractivity contribution in [1.29, 1.82) is 0 Å². The summed E-state index contributed by atoms with van der Waals surface area (Å²) in [5, 5.41) is 4.57. The minimum Gasteiger partial charge on any atom is -0.461 e. The van der Waals surface area contributed by atoms with E-state index in [-0.39, 0.29) is 5.82 Å². The van der Waals surface area contributed by atoms with E-state index >= 15 is 0 Å². The van der Waals surface area contributed by atoms with Crippen molar-refractivity contribution >= 4 is 28.3 Å². The lowest BCUT2D eigenvalue weighted by molar-refractivity contribution is 0.551. The molecule has 0 saturated heterocycles. The van der Waals surface area contributed by atoms with Crippen LogP contribution >= 0.6 is 11.6 Å². The fourth-order valence-corrected chi connectivity index (χ4v) is 2.60. The van der Waals surface area contributed by atoms with Crippen LogP contribution in [0, 0.1) is 5.82 Å². The summed E-state index contributed by atoms with van der Waals surface area (Å²) >= 11 is 5.76. The van der Waals surface area contributed by atoms with Gasteiger partial charge in [-0.25, -0.2) is 4.39 Å². The Morgan fingerprint density at radius 1 is 1.19 bits per heavy atom. The molecule has 4 heteroatoms. The first-order valence-electron chi connectivity index (χ1n) is 6.87. The number of anilines is 1. The molecule has 0 aliphatic rings. The zero-order chi connectivity index (χ0) is 14.8. The van der Waals surface area contributed by atoms with E-state index in [1.54, 1.807) is 12.1 Å². The van der Waals surface area contributed by atoms with Crippen LogP contribution in [-0.2, 0) is 13.0 Å². The van der Waals surface area contributed by atoms with Crippen molar-refractivity contribution < 1.29 is 8.81 Å². The Hall–Kier alpha value is -2.00. The lowest BCUT2D eigenvalue weighted by Gasteiger charge is -2.08. The van der Waals surface area contributed by atoms with Crippen molar-refractivity contribution in [3.63, 3.8) is 0 Å². The Bertz CT molecular complexity index is 782. The second kappa shape index (κ2) is 5.78. The van der Waals surface area contributed by atoms with Gasteiger partial charge in [-0.05, 0) is 24.3 Å². The smallest absolute Gasteiger partial charge is 0.147 e. The third-order valence-electron chi connectivity index (χ3n) is 3.49. The molecule has 0 radical (unpaired) electrons. The average Bonchev–Trinajstić information content (AvgIpc) is 2.84. The van der Waals surface area contributed by atoms with Gasteiger partial charge in [-0.1, -0.05) is 36.7 Å². The monoisotopic (exact) mass is 303 g/mol. The van der Waals surface area contributed by atoms with Crippen LogP contribution in [-0.4, -0.2) is 0 Å². The standard InChI is InChI=1S/C17H15ClFNO/c1-2-16-13(12-5-3-4-6-17(12)21-16)10-20-15-8-7-11(18)9-14(15)19/h3-9,20H,2,10H2,1H3. The van der Waals surface area contributed by atoms with Gasteiger partial charge in [-0.15, -0.1) is 0 Å². The largest absolute Gasteiger partial charge is 0.461 e. The molecule has 3 rings (SSSR count). The van der Waals surface area contributed by atoms with Gasteiger partial charge >= 0.3 is 0 Å². The number of nitrogens with one attached hydrogen (secondary N) is 1. The minimum absolute atomic E-state index is 0.353. The van der Waals surface area contributed by atoms with Gasteiger partial charge in [-0.3, -0.25) is 0 Å². The van der Waals surface area contributed by atoms with E-state index in [4.69, 9.17) is 16.0 Å². The lowest BCUT2D eigenvalue weighted by atomic mass is 10.1. The van der Waals surface area contributed by atoms with E-state index in [0.29, 0.717) is 17.3 Å². The maximum Gasteiger partial charge on any atom is 0.147 e. The number of fused-ring (bicyclic) bond motifs is 1. The molecule has 2 aromatic carbocycles. The van der Waals surface area contributed by atoms with Crippen LogP contribution in [0.2, 0.25) is 5.02 Å². The predicted molar refractivity (Wildman–Crippen MR) is 84.3 cm³/mol. The van der Waals surface area contributed by atoms with Crippen molar-refractivity contribution in [1.82, 2.24) is 0 Å². The normalized spacial score (nSPS) is 11.0. The number of aryl methyl sites for hydroxylation is 1.